The predicted molar refractivity (Wildman–Crippen MR) is 151 cm³/mol. The number of nitrogens with zero attached hydrogens (tertiary/aromatic N) is 5. The smallest absolute Gasteiger partial charge is 0.410 e. The molecule has 1 aliphatic heterocycles. The van der Waals surface area contributed by atoms with Crippen LogP contribution in [0.15, 0.2) is 42.7 Å². The molecular weight excluding hydrogens is 510 g/mol. The number of benzene rings is 1. The molecule has 0 radical (unpaired) electrons. The van der Waals surface area contributed by atoms with Gasteiger partial charge in [-0.1, -0.05) is 12.1 Å². The van der Waals surface area contributed by atoms with Gasteiger partial charge < -0.3 is 24.0 Å². The van der Waals surface area contributed by atoms with Crippen molar-refractivity contribution in [3.63, 3.8) is 0 Å². The van der Waals surface area contributed by atoms with Gasteiger partial charge in [-0.3, -0.25) is 14.5 Å². The summed E-state index contributed by atoms with van der Waals surface area (Å²) in [6, 6.07) is 10.4. The molecule has 3 heterocycles. The molecule has 2 aliphatic rings. The van der Waals surface area contributed by atoms with Gasteiger partial charge in [-0.25, -0.2) is 4.79 Å². The minimum atomic E-state index is -0.706. The number of aromatic nitrogens is 3. The van der Waals surface area contributed by atoms with Crippen molar-refractivity contribution >= 4 is 22.9 Å². The summed E-state index contributed by atoms with van der Waals surface area (Å²) in [7, 11) is 1.70. The lowest BCUT2D eigenvalue weighted by Gasteiger charge is -2.36. The van der Waals surface area contributed by atoms with Crippen molar-refractivity contribution in [2.45, 2.75) is 70.9 Å². The monoisotopic (exact) mass is 549 g/mol. The van der Waals surface area contributed by atoms with Crippen LogP contribution in [0.2, 0.25) is 0 Å². The van der Waals surface area contributed by atoms with Crippen LogP contribution in [0, 0.1) is 0 Å². The van der Waals surface area contributed by atoms with Crippen molar-refractivity contribution in [1.82, 2.24) is 24.6 Å². The highest BCUT2D eigenvalue weighted by Crippen LogP contribution is 2.32. The molecule has 40 heavy (non-hydrogen) atoms. The summed E-state index contributed by atoms with van der Waals surface area (Å²) in [6.45, 7) is 8.25. The number of pyridine rings is 1. The van der Waals surface area contributed by atoms with Crippen LogP contribution in [0.3, 0.4) is 0 Å². The van der Waals surface area contributed by atoms with Gasteiger partial charge >= 0.3 is 6.09 Å². The molecule has 0 spiro atoms. The highest BCUT2D eigenvalue weighted by atomic mass is 16.6. The van der Waals surface area contributed by atoms with Crippen molar-refractivity contribution < 1.29 is 23.8 Å². The molecule has 1 saturated carbocycles. The van der Waals surface area contributed by atoms with Gasteiger partial charge in [-0.2, -0.15) is 5.10 Å². The van der Waals surface area contributed by atoms with E-state index in [2.05, 4.69) is 23.2 Å². The van der Waals surface area contributed by atoms with Crippen LogP contribution in [0.1, 0.15) is 45.6 Å². The Morgan fingerprint density at radius 3 is 2.73 bits per heavy atom. The Morgan fingerprint density at radius 1 is 1.20 bits per heavy atom. The summed E-state index contributed by atoms with van der Waals surface area (Å²) < 4.78 is 18.7. The fourth-order valence-corrected chi connectivity index (χ4v) is 5.01. The van der Waals surface area contributed by atoms with E-state index in [1.807, 2.05) is 48.7 Å². The van der Waals surface area contributed by atoms with Crippen molar-refractivity contribution in [3.05, 3.63) is 48.3 Å². The molecule has 2 amide bonds. The summed E-state index contributed by atoms with van der Waals surface area (Å²) in [5.41, 5.74) is 3.30. The SMILES string of the molecule is COCCCn1nc(-c2cccnc2)c2ccc(CN(C(=O)[C@H]3CN(C(=O)OC(C)(C)C)CCO3)C3CC3)cc21. The molecule has 0 bridgehead atoms. The quantitative estimate of drug-likeness (QED) is 0.368. The molecule has 5 rings (SSSR count). The third kappa shape index (κ3) is 6.62. The number of aryl methyl sites for hydroxylation is 1. The molecule has 0 unspecified atom stereocenters. The molecule has 1 aliphatic carbocycles. The number of hydrogen-bond donors (Lipinski definition) is 0. The van der Waals surface area contributed by atoms with Crippen LogP contribution in [-0.4, -0.2) is 87.7 Å². The second-order valence-electron chi connectivity index (χ2n) is 11.5. The Hall–Kier alpha value is -3.50. The summed E-state index contributed by atoms with van der Waals surface area (Å²) in [5, 5.41) is 5.97. The van der Waals surface area contributed by atoms with Crippen molar-refractivity contribution in [2.75, 3.05) is 33.4 Å². The third-order valence-electron chi connectivity index (χ3n) is 7.09. The van der Waals surface area contributed by atoms with Crippen LogP contribution < -0.4 is 0 Å². The Labute approximate surface area is 235 Å². The Morgan fingerprint density at radius 2 is 2.02 bits per heavy atom. The molecule has 10 nitrogen and oxygen atoms in total. The topological polar surface area (TPSA) is 99.0 Å². The second-order valence-corrected chi connectivity index (χ2v) is 11.5. The number of morpholine rings is 1. The lowest BCUT2D eigenvalue weighted by Crippen LogP contribution is -2.53. The molecule has 214 valence electrons. The van der Waals surface area contributed by atoms with Gasteiger partial charge in [0.1, 0.15) is 11.3 Å². The zero-order valence-corrected chi connectivity index (χ0v) is 23.8. The number of carbonyl (C=O) groups is 2. The first-order valence-electron chi connectivity index (χ1n) is 14.0. The van der Waals surface area contributed by atoms with E-state index in [9.17, 15) is 9.59 Å². The molecule has 1 atom stereocenters. The van der Waals surface area contributed by atoms with E-state index < -0.39 is 17.8 Å². The number of ether oxygens (including phenoxy) is 3. The van der Waals surface area contributed by atoms with E-state index in [-0.39, 0.29) is 18.5 Å². The maximum Gasteiger partial charge on any atom is 0.410 e. The fourth-order valence-electron chi connectivity index (χ4n) is 5.01. The maximum absolute atomic E-state index is 13.7. The average Bonchev–Trinajstić information content (AvgIpc) is 3.72. The van der Waals surface area contributed by atoms with Crippen LogP contribution in [-0.2, 0) is 32.1 Å². The van der Waals surface area contributed by atoms with E-state index in [1.54, 1.807) is 18.2 Å². The van der Waals surface area contributed by atoms with Crippen LogP contribution in [0.5, 0.6) is 0 Å². The van der Waals surface area contributed by atoms with Crippen LogP contribution in [0.25, 0.3) is 22.2 Å². The van der Waals surface area contributed by atoms with Gasteiger partial charge in [-0.15, -0.1) is 0 Å². The molecule has 2 aromatic heterocycles. The van der Waals surface area contributed by atoms with Crippen molar-refractivity contribution in [3.8, 4) is 11.3 Å². The first kappa shape index (κ1) is 28.0. The Bertz CT molecular complexity index is 1330. The number of methoxy groups -OCH3 is 1. The largest absolute Gasteiger partial charge is 0.444 e. The number of carbonyl (C=O) groups excluding carboxylic acids is 2. The van der Waals surface area contributed by atoms with Crippen LogP contribution >= 0.6 is 0 Å². The zero-order valence-electron chi connectivity index (χ0n) is 23.8. The van der Waals surface area contributed by atoms with E-state index in [1.165, 1.54) is 0 Å². The van der Waals surface area contributed by atoms with Gasteiger partial charge in [0, 0.05) is 62.7 Å². The molecular formula is C30H39N5O5. The Kier molecular flexibility index (Phi) is 8.37. The number of rotatable bonds is 9. The third-order valence-corrected chi connectivity index (χ3v) is 7.09. The van der Waals surface area contributed by atoms with Gasteiger partial charge in [0.05, 0.1) is 18.7 Å². The fraction of sp³-hybridized carbons (Fsp3) is 0.533. The van der Waals surface area contributed by atoms with E-state index >= 15 is 0 Å². The van der Waals surface area contributed by atoms with E-state index in [0.717, 1.165) is 53.5 Å². The van der Waals surface area contributed by atoms with Gasteiger partial charge in [0.25, 0.3) is 5.91 Å². The normalized spacial score (nSPS) is 17.7. The number of hydrogen-bond acceptors (Lipinski definition) is 7. The highest BCUT2D eigenvalue weighted by molar-refractivity contribution is 5.93. The molecule has 1 saturated heterocycles. The first-order valence-corrected chi connectivity index (χ1v) is 14.0. The molecule has 3 aromatic rings. The Balaban J connectivity index is 1.36. The standard InChI is InChI=1S/C30H39N5O5/c1-30(2,3)40-29(37)33-14-16-39-26(20-33)28(36)34(23-9-10-23)19-21-8-11-24-25(17-21)35(13-6-15-38-4)32-27(24)22-7-5-12-31-18-22/h5,7-8,11-12,17-18,23,26H,6,9-10,13-16,19-20H2,1-4H3/t26-/m1/s1. The van der Waals surface area contributed by atoms with Gasteiger partial charge in [0.2, 0.25) is 0 Å². The van der Waals surface area contributed by atoms with E-state index in [0.29, 0.717) is 26.3 Å². The lowest BCUT2D eigenvalue weighted by molar-refractivity contribution is -0.150. The van der Waals surface area contributed by atoms with E-state index in [4.69, 9.17) is 19.3 Å². The molecule has 2 fully saturated rings. The van der Waals surface area contributed by atoms with Crippen molar-refractivity contribution in [1.29, 1.82) is 0 Å². The zero-order chi connectivity index (χ0) is 28.3. The second kappa shape index (κ2) is 11.9. The minimum absolute atomic E-state index is 0.0829. The average molecular weight is 550 g/mol. The number of fused-ring (bicyclic) bond motifs is 1. The molecule has 1 aromatic carbocycles. The van der Waals surface area contributed by atoms with Crippen LogP contribution in [0.4, 0.5) is 4.79 Å². The van der Waals surface area contributed by atoms with Crippen molar-refractivity contribution in [2.24, 2.45) is 0 Å². The summed E-state index contributed by atoms with van der Waals surface area (Å²) in [4.78, 5) is 34.1. The predicted octanol–water partition coefficient (Wildman–Crippen LogP) is 4.26. The first-order chi connectivity index (χ1) is 19.2. The van der Waals surface area contributed by atoms with Gasteiger partial charge in [0.15, 0.2) is 6.10 Å². The number of amides is 2. The maximum atomic E-state index is 13.7. The molecule has 0 N–H and O–H groups in total. The highest BCUT2D eigenvalue weighted by Gasteiger charge is 2.39. The summed E-state index contributed by atoms with van der Waals surface area (Å²) in [5.74, 6) is -0.0829. The summed E-state index contributed by atoms with van der Waals surface area (Å²) >= 11 is 0. The molecule has 10 heteroatoms. The lowest BCUT2D eigenvalue weighted by atomic mass is 10.1. The minimum Gasteiger partial charge on any atom is -0.444 e. The van der Waals surface area contributed by atoms with Gasteiger partial charge in [-0.05, 0) is 63.8 Å². The summed E-state index contributed by atoms with van der Waals surface area (Å²) in [6.07, 6.45) is 5.24.